The lowest BCUT2D eigenvalue weighted by Crippen LogP contribution is -2.41. The van der Waals surface area contributed by atoms with Crippen molar-refractivity contribution in [1.82, 2.24) is 4.90 Å². The number of rotatable bonds is 2. The van der Waals surface area contributed by atoms with Crippen molar-refractivity contribution in [1.29, 1.82) is 0 Å². The lowest BCUT2D eigenvalue weighted by Gasteiger charge is -2.23. The van der Waals surface area contributed by atoms with Crippen molar-refractivity contribution < 1.29 is 14.3 Å². The number of amides is 1. The van der Waals surface area contributed by atoms with E-state index in [1.807, 2.05) is 0 Å². The average Bonchev–Trinajstić information content (AvgIpc) is 2.86. The van der Waals surface area contributed by atoms with Gasteiger partial charge in [-0.25, -0.2) is 4.79 Å². The molecular formula is C13H13Cl2NO3. The number of methoxy groups -OCH3 is 1. The number of nitrogens with zero attached hydrogens (tertiary/aromatic N) is 1. The molecule has 0 spiro atoms. The van der Waals surface area contributed by atoms with Crippen LogP contribution in [0.3, 0.4) is 0 Å². The minimum absolute atomic E-state index is 0.269. The van der Waals surface area contributed by atoms with Crippen LogP contribution in [-0.2, 0) is 9.53 Å². The maximum atomic E-state index is 12.4. The van der Waals surface area contributed by atoms with Gasteiger partial charge in [0.05, 0.1) is 17.7 Å². The van der Waals surface area contributed by atoms with Crippen molar-refractivity contribution >= 4 is 35.1 Å². The van der Waals surface area contributed by atoms with Crippen LogP contribution in [0.2, 0.25) is 10.0 Å². The number of ether oxygens (including phenoxy) is 1. The highest BCUT2D eigenvalue weighted by Crippen LogP contribution is 2.26. The predicted octanol–water partition coefficient (Wildman–Crippen LogP) is 2.77. The normalized spacial score (nSPS) is 18.5. The summed E-state index contributed by atoms with van der Waals surface area (Å²) in [5.41, 5.74) is 0.349. The Balaban J connectivity index is 2.25. The lowest BCUT2D eigenvalue weighted by atomic mass is 10.1. The van der Waals surface area contributed by atoms with Gasteiger partial charge in [-0.1, -0.05) is 23.2 Å². The summed E-state index contributed by atoms with van der Waals surface area (Å²) in [6.07, 6.45) is 1.39. The van der Waals surface area contributed by atoms with Crippen LogP contribution < -0.4 is 0 Å². The molecule has 0 aliphatic carbocycles. The molecule has 1 atom stereocenters. The number of carbonyl (C=O) groups is 2. The van der Waals surface area contributed by atoms with Gasteiger partial charge in [0, 0.05) is 11.6 Å². The maximum absolute atomic E-state index is 12.4. The first kappa shape index (κ1) is 14.2. The van der Waals surface area contributed by atoms with E-state index in [1.165, 1.54) is 18.1 Å². The second-order valence-corrected chi connectivity index (χ2v) is 5.15. The van der Waals surface area contributed by atoms with Gasteiger partial charge in [-0.05, 0) is 31.0 Å². The van der Waals surface area contributed by atoms with Gasteiger partial charge in [0.25, 0.3) is 5.91 Å². The Morgan fingerprint density at radius 1 is 1.37 bits per heavy atom. The van der Waals surface area contributed by atoms with Gasteiger partial charge < -0.3 is 9.64 Å². The quantitative estimate of drug-likeness (QED) is 0.789. The number of hydrogen-bond acceptors (Lipinski definition) is 3. The van der Waals surface area contributed by atoms with Crippen LogP contribution in [0.25, 0.3) is 0 Å². The van der Waals surface area contributed by atoms with Gasteiger partial charge in [-0.15, -0.1) is 0 Å². The summed E-state index contributed by atoms with van der Waals surface area (Å²) < 4.78 is 4.71. The van der Waals surface area contributed by atoms with Crippen molar-refractivity contribution in [2.24, 2.45) is 0 Å². The third kappa shape index (κ3) is 2.85. The van der Waals surface area contributed by atoms with Crippen LogP contribution in [0.15, 0.2) is 18.2 Å². The zero-order valence-corrected chi connectivity index (χ0v) is 11.9. The number of hydrogen-bond donors (Lipinski definition) is 0. The smallest absolute Gasteiger partial charge is 0.328 e. The highest BCUT2D eigenvalue weighted by molar-refractivity contribution is 6.36. The highest BCUT2D eigenvalue weighted by atomic mass is 35.5. The van der Waals surface area contributed by atoms with E-state index in [4.69, 9.17) is 27.9 Å². The third-order valence-electron chi connectivity index (χ3n) is 3.15. The summed E-state index contributed by atoms with van der Waals surface area (Å²) in [4.78, 5) is 25.5. The zero-order chi connectivity index (χ0) is 14.0. The molecule has 2 rings (SSSR count). The second-order valence-electron chi connectivity index (χ2n) is 4.30. The number of carbonyl (C=O) groups excluding carboxylic acids is 2. The molecule has 1 amide bonds. The van der Waals surface area contributed by atoms with Crippen molar-refractivity contribution in [3.05, 3.63) is 33.8 Å². The number of halogens is 2. The van der Waals surface area contributed by atoms with Gasteiger partial charge in [-0.2, -0.15) is 0 Å². The fourth-order valence-corrected chi connectivity index (χ4v) is 2.70. The third-order valence-corrected chi connectivity index (χ3v) is 3.70. The van der Waals surface area contributed by atoms with Gasteiger partial charge in [0.15, 0.2) is 0 Å². The van der Waals surface area contributed by atoms with Crippen LogP contribution in [0.5, 0.6) is 0 Å². The molecule has 0 aromatic heterocycles. The lowest BCUT2D eigenvalue weighted by molar-refractivity contribution is -0.145. The van der Waals surface area contributed by atoms with E-state index in [0.717, 1.165) is 6.42 Å². The molecule has 6 heteroatoms. The van der Waals surface area contributed by atoms with Crippen LogP contribution in [0.4, 0.5) is 0 Å². The molecule has 0 radical (unpaired) electrons. The van der Waals surface area contributed by atoms with E-state index in [9.17, 15) is 9.59 Å². The van der Waals surface area contributed by atoms with E-state index in [0.29, 0.717) is 23.6 Å². The Morgan fingerprint density at radius 3 is 2.74 bits per heavy atom. The molecule has 102 valence electrons. The van der Waals surface area contributed by atoms with Crippen LogP contribution >= 0.6 is 23.2 Å². The maximum Gasteiger partial charge on any atom is 0.328 e. The molecular weight excluding hydrogens is 289 g/mol. The van der Waals surface area contributed by atoms with Gasteiger partial charge in [-0.3, -0.25) is 4.79 Å². The van der Waals surface area contributed by atoms with Crippen molar-refractivity contribution in [3.63, 3.8) is 0 Å². The first-order valence-electron chi connectivity index (χ1n) is 5.88. The minimum Gasteiger partial charge on any atom is -0.467 e. The molecule has 1 saturated heterocycles. The summed E-state index contributed by atoms with van der Waals surface area (Å²) >= 11 is 11.8. The van der Waals surface area contributed by atoms with Crippen molar-refractivity contribution in [2.75, 3.05) is 13.7 Å². The summed E-state index contributed by atoms with van der Waals surface area (Å²) in [5.74, 6) is -0.662. The second kappa shape index (κ2) is 5.80. The Hall–Kier alpha value is -1.26. The molecule has 1 aliphatic heterocycles. The Kier molecular flexibility index (Phi) is 4.32. The van der Waals surface area contributed by atoms with Crippen LogP contribution in [-0.4, -0.2) is 36.5 Å². The summed E-state index contributed by atoms with van der Waals surface area (Å²) in [7, 11) is 1.32. The molecule has 19 heavy (non-hydrogen) atoms. The monoisotopic (exact) mass is 301 g/mol. The van der Waals surface area contributed by atoms with Crippen LogP contribution in [0.1, 0.15) is 23.2 Å². The molecule has 0 saturated carbocycles. The van der Waals surface area contributed by atoms with E-state index in [-0.39, 0.29) is 10.9 Å². The van der Waals surface area contributed by atoms with Gasteiger partial charge in [0.2, 0.25) is 0 Å². The first-order valence-corrected chi connectivity index (χ1v) is 6.64. The highest BCUT2D eigenvalue weighted by Gasteiger charge is 2.35. The van der Waals surface area contributed by atoms with E-state index in [2.05, 4.69) is 0 Å². The number of benzene rings is 1. The molecule has 0 N–H and O–H groups in total. The molecule has 1 aliphatic rings. The molecule has 1 fully saturated rings. The molecule has 0 unspecified atom stereocenters. The molecule has 1 aromatic carbocycles. The standard InChI is InChI=1S/C13H13Cl2NO3/c1-19-13(18)11-3-2-6-16(11)12(17)9-5-4-8(14)7-10(9)15/h4-5,7,11H,2-3,6H2,1H3/t11-/m0/s1. The fourth-order valence-electron chi connectivity index (χ4n) is 2.21. The molecule has 4 nitrogen and oxygen atoms in total. The minimum atomic E-state index is -0.524. The number of esters is 1. The zero-order valence-electron chi connectivity index (χ0n) is 10.4. The van der Waals surface area contributed by atoms with E-state index >= 15 is 0 Å². The molecule has 1 aromatic rings. The first-order chi connectivity index (χ1) is 9.04. The number of likely N-dealkylation sites (tertiary alicyclic amines) is 1. The van der Waals surface area contributed by atoms with Gasteiger partial charge in [0.1, 0.15) is 6.04 Å². The largest absolute Gasteiger partial charge is 0.467 e. The summed E-state index contributed by atoms with van der Waals surface area (Å²) in [6, 6.07) is 4.16. The SMILES string of the molecule is COC(=O)[C@@H]1CCCN1C(=O)c1ccc(Cl)cc1Cl. The Bertz CT molecular complexity index is 519. The molecule has 1 heterocycles. The fraction of sp³-hybridized carbons (Fsp3) is 0.385. The Morgan fingerprint density at radius 2 is 2.11 bits per heavy atom. The topological polar surface area (TPSA) is 46.6 Å². The molecule has 0 bridgehead atoms. The van der Waals surface area contributed by atoms with E-state index < -0.39 is 12.0 Å². The summed E-state index contributed by atoms with van der Waals surface area (Å²) in [6.45, 7) is 0.525. The predicted molar refractivity (Wildman–Crippen MR) is 72.5 cm³/mol. The average molecular weight is 302 g/mol. The Labute approximate surface area is 121 Å². The van der Waals surface area contributed by atoms with Crippen molar-refractivity contribution in [2.45, 2.75) is 18.9 Å². The van der Waals surface area contributed by atoms with E-state index in [1.54, 1.807) is 12.1 Å². The van der Waals surface area contributed by atoms with Gasteiger partial charge >= 0.3 is 5.97 Å². The summed E-state index contributed by atoms with van der Waals surface area (Å²) in [5, 5.41) is 0.750. The van der Waals surface area contributed by atoms with Crippen molar-refractivity contribution in [3.8, 4) is 0 Å². The van der Waals surface area contributed by atoms with Crippen LogP contribution in [0, 0.1) is 0 Å².